The summed E-state index contributed by atoms with van der Waals surface area (Å²) in [5, 5.41) is 12.4. The normalized spacial score (nSPS) is 15.9. The van der Waals surface area contributed by atoms with E-state index in [2.05, 4.69) is 5.32 Å². The topological polar surface area (TPSA) is 44.7 Å². The van der Waals surface area contributed by atoms with Gasteiger partial charge in [-0.25, -0.2) is 4.39 Å². The number of morpholine rings is 1. The van der Waals surface area contributed by atoms with Crippen LogP contribution in [-0.4, -0.2) is 38.0 Å². The molecule has 0 aliphatic carbocycles. The zero-order valence-electron chi connectivity index (χ0n) is 14.5. The highest BCUT2D eigenvalue weighted by Crippen LogP contribution is 2.26. The molecule has 1 atom stereocenters. The fourth-order valence-electron chi connectivity index (χ4n) is 3.08. The summed E-state index contributed by atoms with van der Waals surface area (Å²) in [4.78, 5) is 2.03. The maximum Gasteiger partial charge on any atom is 0.146 e. The number of anilines is 2. The van der Waals surface area contributed by atoms with Crippen LogP contribution < -0.4 is 10.2 Å². The molecule has 134 valence electrons. The van der Waals surface area contributed by atoms with Crippen molar-refractivity contribution in [2.24, 2.45) is 0 Å². The molecule has 0 aromatic heterocycles. The van der Waals surface area contributed by atoms with Gasteiger partial charge in [-0.3, -0.25) is 0 Å². The smallest absolute Gasteiger partial charge is 0.146 e. The van der Waals surface area contributed by atoms with E-state index >= 15 is 0 Å². The summed E-state index contributed by atoms with van der Waals surface area (Å²) in [6.45, 7) is 4.91. The van der Waals surface area contributed by atoms with Gasteiger partial charge >= 0.3 is 0 Å². The molecule has 0 saturated carbocycles. The first kappa shape index (κ1) is 17.7. The van der Waals surface area contributed by atoms with Crippen LogP contribution in [0.4, 0.5) is 15.8 Å². The number of benzene rings is 2. The summed E-state index contributed by atoms with van der Waals surface area (Å²) in [5.41, 5.74) is 3.63. The summed E-state index contributed by atoms with van der Waals surface area (Å²) in [6.07, 6.45) is 0.657. The predicted molar refractivity (Wildman–Crippen MR) is 98.7 cm³/mol. The van der Waals surface area contributed by atoms with Crippen LogP contribution in [0, 0.1) is 5.82 Å². The maximum absolute atomic E-state index is 14.5. The van der Waals surface area contributed by atoms with Crippen molar-refractivity contribution in [1.82, 2.24) is 0 Å². The van der Waals surface area contributed by atoms with Crippen LogP contribution in [0.2, 0.25) is 0 Å². The van der Waals surface area contributed by atoms with Crippen molar-refractivity contribution < 1.29 is 14.2 Å². The Morgan fingerprint density at radius 3 is 2.52 bits per heavy atom. The average Bonchev–Trinajstić information content (AvgIpc) is 2.64. The van der Waals surface area contributed by atoms with E-state index in [0.717, 1.165) is 29.9 Å². The van der Waals surface area contributed by atoms with Gasteiger partial charge < -0.3 is 20.1 Å². The molecule has 3 rings (SSSR count). The molecule has 1 aliphatic rings. The van der Waals surface area contributed by atoms with Gasteiger partial charge in [-0.1, -0.05) is 18.2 Å². The van der Waals surface area contributed by atoms with Gasteiger partial charge in [0, 0.05) is 31.4 Å². The molecule has 25 heavy (non-hydrogen) atoms. The standard InChI is InChI=1S/C20H25FN2O2/c1-15(22-18-5-2-16(3-6-18)8-11-24)17-4-7-20(19(21)14-17)23-9-12-25-13-10-23/h2-7,14-15,22,24H,8-13H2,1H3. The minimum atomic E-state index is -0.189. The van der Waals surface area contributed by atoms with Gasteiger partial charge in [0.1, 0.15) is 5.82 Å². The average molecular weight is 344 g/mol. The van der Waals surface area contributed by atoms with Crippen molar-refractivity contribution in [3.05, 3.63) is 59.4 Å². The third-order valence-electron chi connectivity index (χ3n) is 4.56. The van der Waals surface area contributed by atoms with Crippen LogP contribution in [0.1, 0.15) is 24.1 Å². The molecule has 5 heteroatoms. The van der Waals surface area contributed by atoms with Crippen molar-refractivity contribution in [3.8, 4) is 0 Å². The summed E-state index contributed by atoms with van der Waals surface area (Å²) in [5.74, 6) is -0.189. The zero-order valence-corrected chi connectivity index (χ0v) is 14.5. The van der Waals surface area contributed by atoms with Crippen LogP contribution in [0.15, 0.2) is 42.5 Å². The van der Waals surface area contributed by atoms with Gasteiger partial charge in [0.05, 0.1) is 18.9 Å². The van der Waals surface area contributed by atoms with Crippen molar-refractivity contribution in [3.63, 3.8) is 0 Å². The first-order chi connectivity index (χ1) is 12.2. The summed E-state index contributed by atoms with van der Waals surface area (Å²) in [6, 6.07) is 13.4. The highest BCUT2D eigenvalue weighted by Gasteiger charge is 2.16. The first-order valence-electron chi connectivity index (χ1n) is 8.76. The molecule has 2 N–H and O–H groups in total. The molecule has 1 heterocycles. The summed E-state index contributed by atoms with van der Waals surface area (Å²) >= 11 is 0. The molecule has 1 aliphatic heterocycles. The van der Waals surface area contributed by atoms with Crippen LogP contribution in [-0.2, 0) is 11.2 Å². The summed E-state index contributed by atoms with van der Waals surface area (Å²) < 4.78 is 19.9. The second-order valence-electron chi connectivity index (χ2n) is 6.35. The Kier molecular flexibility index (Phi) is 5.89. The molecule has 2 aromatic carbocycles. The van der Waals surface area contributed by atoms with Crippen LogP contribution in [0.5, 0.6) is 0 Å². The number of nitrogens with one attached hydrogen (secondary N) is 1. The van der Waals surface area contributed by atoms with E-state index in [1.165, 1.54) is 0 Å². The van der Waals surface area contributed by atoms with Crippen LogP contribution in [0.25, 0.3) is 0 Å². The number of hydrogen-bond donors (Lipinski definition) is 2. The lowest BCUT2D eigenvalue weighted by molar-refractivity contribution is 0.122. The van der Waals surface area contributed by atoms with Crippen LogP contribution in [0.3, 0.4) is 0 Å². The van der Waals surface area contributed by atoms with Crippen molar-refractivity contribution >= 4 is 11.4 Å². The quantitative estimate of drug-likeness (QED) is 0.843. The lowest BCUT2D eigenvalue weighted by Crippen LogP contribution is -2.36. The SMILES string of the molecule is CC(Nc1ccc(CCO)cc1)c1ccc(N2CCOCC2)c(F)c1. The third-order valence-corrected chi connectivity index (χ3v) is 4.56. The van der Waals surface area contributed by atoms with Gasteiger partial charge in [0.15, 0.2) is 0 Å². The second-order valence-corrected chi connectivity index (χ2v) is 6.35. The van der Waals surface area contributed by atoms with Crippen molar-refractivity contribution in [2.45, 2.75) is 19.4 Å². The third kappa shape index (κ3) is 4.50. The van der Waals surface area contributed by atoms with Gasteiger partial charge in [0.25, 0.3) is 0 Å². The largest absolute Gasteiger partial charge is 0.396 e. The molecule has 0 radical (unpaired) electrons. The first-order valence-corrected chi connectivity index (χ1v) is 8.76. The maximum atomic E-state index is 14.5. The molecule has 0 spiro atoms. The molecule has 0 bridgehead atoms. The lowest BCUT2D eigenvalue weighted by Gasteiger charge is -2.29. The van der Waals surface area contributed by atoms with Crippen LogP contribution >= 0.6 is 0 Å². The molecular formula is C20H25FN2O2. The highest BCUT2D eigenvalue weighted by atomic mass is 19.1. The van der Waals surface area contributed by atoms with E-state index in [-0.39, 0.29) is 18.5 Å². The van der Waals surface area contributed by atoms with E-state index in [0.29, 0.717) is 25.3 Å². The number of hydrogen-bond acceptors (Lipinski definition) is 4. The summed E-state index contributed by atoms with van der Waals surface area (Å²) in [7, 11) is 0. The fourth-order valence-corrected chi connectivity index (χ4v) is 3.08. The molecule has 1 fully saturated rings. The Morgan fingerprint density at radius 1 is 1.16 bits per heavy atom. The Balaban J connectivity index is 1.67. The van der Waals surface area contributed by atoms with Gasteiger partial charge in [-0.15, -0.1) is 0 Å². The number of halogens is 1. The van der Waals surface area contributed by atoms with Crippen molar-refractivity contribution in [2.75, 3.05) is 43.1 Å². The number of nitrogens with zero attached hydrogens (tertiary/aromatic N) is 1. The molecule has 2 aromatic rings. The predicted octanol–water partition coefficient (Wildman–Crippen LogP) is 3.37. The molecule has 1 unspecified atom stereocenters. The van der Waals surface area contributed by atoms with Crippen molar-refractivity contribution in [1.29, 1.82) is 0 Å². The fraction of sp³-hybridized carbons (Fsp3) is 0.400. The Labute approximate surface area is 148 Å². The van der Waals surface area contributed by atoms with E-state index in [9.17, 15) is 4.39 Å². The Hall–Kier alpha value is -2.11. The second kappa shape index (κ2) is 8.32. The molecule has 4 nitrogen and oxygen atoms in total. The van der Waals surface area contributed by atoms with E-state index < -0.39 is 0 Å². The van der Waals surface area contributed by atoms with Gasteiger partial charge in [0.2, 0.25) is 0 Å². The minimum Gasteiger partial charge on any atom is -0.396 e. The number of aliphatic hydroxyl groups is 1. The lowest BCUT2D eigenvalue weighted by atomic mass is 10.1. The number of rotatable bonds is 6. The number of aliphatic hydroxyl groups excluding tert-OH is 1. The monoisotopic (exact) mass is 344 g/mol. The molecular weight excluding hydrogens is 319 g/mol. The molecule has 1 saturated heterocycles. The van der Waals surface area contributed by atoms with Gasteiger partial charge in [-0.05, 0) is 48.7 Å². The number of ether oxygens (including phenoxy) is 1. The Morgan fingerprint density at radius 2 is 1.88 bits per heavy atom. The Bertz CT molecular complexity index is 685. The van der Waals surface area contributed by atoms with E-state index in [1.807, 2.05) is 48.2 Å². The van der Waals surface area contributed by atoms with E-state index in [1.54, 1.807) is 6.07 Å². The van der Waals surface area contributed by atoms with Gasteiger partial charge in [-0.2, -0.15) is 0 Å². The van der Waals surface area contributed by atoms with E-state index in [4.69, 9.17) is 9.84 Å². The zero-order chi connectivity index (χ0) is 17.6. The minimum absolute atomic E-state index is 0.00284. The molecule has 0 amide bonds. The highest BCUT2D eigenvalue weighted by molar-refractivity contribution is 5.52.